The first kappa shape index (κ1) is 26.0. The number of aromatic nitrogens is 3. The molecule has 9 nitrogen and oxygen atoms in total. The van der Waals surface area contributed by atoms with Crippen molar-refractivity contribution in [1.29, 1.82) is 0 Å². The highest BCUT2D eigenvalue weighted by Crippen LogP contribution is 2.38. The summed E-state index contributed by atoms with van der Waals surface area (Å²) in [6.45, 7) is 1.89. The molecule has 0 fully saturated rings. The van der Waals surface area contributed by atoms with E-state index in [2.05, 4.69) is 15.5 Å². The summed E-state index contributed by atoms with van der Waals surface area (Å²) in [4.78, 5) is 26.5. The fourth-order valence-electron chi connectivity index (χ4n) is 4.16. The monoisotopic (exact) mass is 530 g/mol. The molecule has 4 rings (SSSR count). The van der Waals surface area contributed by atoms with Crippen molar-refractivity contribution in [2.45, 2.75) is 50.3 Å². The lowest BCUT2D eigenvalue weighted by Crippen LogP contribution is -2.17. The molecule has 1 N–H and O–H groups in total. The molecule has 0 radical (unpaired) electrons. The predicted octanol–water partition coefficient (Wildman–Crippen LogP) is 4.81. The van der Waals surface area contributed by atoms with E-state index in [1.165, 1.54) is 35.1 Å². The molecule has 2 aromatic heterocycles. The Morgan fingerprint density at radius 3 is 2.56 bits per heavy atom. The van der Waals surface area contributed by atoms with E-state index < -0.39 is 5.97 Å². The van der Waals surface area contributed by atoms with Crippen LogP contribution in [0.3, 0.4) is 0 Å². The van der Waals surface area contributed by atoms with Gasteiger partial charge in [0, 0.05) is 11.9 Å². The molecule has 1 aliphatic carbocycles. The van der Waals surface area contributed by atoms with Crippen molar-refractivity contribution in [2.75, 3.05) is 25.3 Å². The normalized spacial score (nSPS) is 13.9. The Bertz CT molecular complexity index is 1220. The molecule has 0 bridgehead atoms. The average Bonchev–Trinajstić information content (AvgIpc) is 3.32. The van der Waals surface area contributed by atoms with Gasteiger partial charge in [0.15, 0.2) is 17.1 Å². The fourth-order valence-corrected chi connectivity index (χ4v) is 6.17. The topological polar surface area (TPSA) is 105 Å². The Kier molecular flexibility index (Phi) is 8.52. The second-order valence-electron chi connectivity index (χ2n) is 8.43. The van der Waals surface area contributed by atoms with Crippen LogP contribution in [0.15, 0.2) is 29.4 Å². The first-order valence-electron chi connectivity index (χ1n) is 11.8. The number of nitrogens with one attached hydrogen (secondary N) is 1. The van der Waals surface area contributed by atoms with E-state index in [4.69, 9.17) is 14.2 Å². The van der Waals surface area contributed by atoms with Crippen LogP contribution in [0.1, 0.15) is 58.9 Å². The molecule has 1 atom stereocenters. The number of hydrogen-bond donors (Lipinski definition) is 1. The van der Waals surface area contributed by atoms with Crippen LogP contribution in [0.2, 0.25) is 0 Å². The van der Waals surface area contributed by atoms with Crippen molar-refractivity contribution in [2.24, 2.45) is 7.05 Å². The maximum atomic E-state index is 12.8. The van der Waals surface area contributed by atoms with Crippen LogP contribution in [0.4, 0.5) is 5.00 Å². The number of anilines is 1. The first-order chi connectivity index (χ1) is 17.4. The number of ether oxygens (including phenoxy) is 3. The number of aryl methyl sites for hydroxylation is 1. The Labute approximate surface area is 218 Å². The lowest BCUT2D eigenvalue weighted by Gasteiger charge is -2.14. The van der Waals surface area contributed by atoms with E-state index in [-0.39, 0.29) is 17.8 Å². The van der Waals surface area contributed by atoms with E-state index >= 15 is 0 Å². The van der Waals surface area contributed by atoms with Gasteiger partial charge in [-0.1, -0.05) is 18.2 Å². The molecule has 0 aliphatic heterocycles. The number of carbonyl (C=O) groups is 2. The smallest absolute Gasteiger partial charge is 0.341 e. The van der Waals surface area contributed by atoms with Crippen molar-refractivity contribution in [3.63, 3.8) is 0 Å². The second-order valence-corrected chi connectivity index (χ2v) is 10.5. The number of carbonyl (C=O) groups excluding carboxylic acids is 2. The van der Waals surface area contributed by atoms with Crippen molar-refractivity contribution in [1.82, 2.24) is 14.8 Å². The third-order valence-electron chi connectivity index (χ3n) is 6.00. The molecule has 1 aromatic carbocycles. The van der Waals surface area contributed by atoms with Gasteiger partial charge >= 0.3 is 5.97 Å². The molecule has 1 amide bonds. The van der Waals surface area contributed by atoms with Gasteiger partial charge in [0.1, 0.15) is 16.5 Å². The fraction of sp³-hybridized carbons (Fsp3) is 0.440. The van der Waals surface area contributed by atoms with Crippen LogP contribution in [0.25, 0.3) is 0 Å². The van der Waals surface area contributed by atoms with Gasteiger partial charge in [-0.3, -0.25) is 4.79 Å². The molecule has 0 saturated carbocycles. The number of rotatable bonds is 9. The number of esters is 1. The Balaban J connectivity index is 1.39. The third-order valence-corrected chi connectivity index (χ3v) is 8.23. The Morgan fingerprint density at radius 2 is 1.83 bits per heavy atom. The standard InChI is InChI=1S/C25H30N4O5S2/c1-15(34-17-12-10-16(32-3)11-13-17)22-27-28-25(29(22)2)35-14-20(30)26-23-21(24(31)33-4)18-8-6-5-7-9-19(18)36-23/h10-13,15H,5-9,14H2,1-4H3,(H,26,30). The van der Waals surface area contributed by atoms with Crippen LogP contribution in [0, 0.1) is 0 Å². The summed E-state index contributed by atoms with van der Waals surface area (Å²) >= 11 is 2.76. The maximum absolute atomic E-state index is 12.8. The van der Waals surface area contributed by atoms with E-state index in [1.54, 1.807) is 7.11 Å². The second kappa shape index (κ2) is 11.8. The van der Waals surface area contributed by atoms with Crippen LogP contribution < -0.4 is 14.8 Å². The summed E-state index contributed by atoms with van der Waals surface area (Å²) in [5.41, 5.74) is 1.53. The molecule has 3 aromatic rings. The number of nitrogens with zero attached hydrogens (tertiary/aromatic N) is 3. The van der Waals surface area contributed by atoms with E-state index in [0.29, 0.717) is 27.3 Å². The molecular weight excluding hydrogens is 500 g/mol. The summed E-state index contributed by atoms with van der Waals surface area (Å²) in [7, 11) is 4.83. The SMILES string of the molecule is COC(=O)c1c(NC(=O)CSc2nnc(C(C)Oc3ccc(OC)cc3)n2C)sc2c1CCCCC2. The average molecular weight is 531 g/mol. The number of fused-ring (bicyclic) bond motifs is 1. The molecule has 192 valence electrons. The maximum Gasteiger partial charge on any atom is 0.341 e. The summed E-state index contributed by atoms with van der Waals surface area (Å²) in [5.74, 6) is 1.60. The van der Waals surface area contributed by atoms with Crippen LogP contribution in [0.5, 0.6) is 11.5 Å². The predicted molar refractivity (Wildman–Crippen MR) is 139 cm³/mol. The molecule has 1 aliphatic rings. The largest absolute Gasteiger partial charge is 0.497 e. The molecule has 36 heavy (non-hydrogen) atoms. The molecule has 11 heteroatoms. The van der Waals surface area contributed by atoms with Gasteiger partial charge in [-0.25, -0.2) is 4.79 Å². The minimum absolute atomic E-state index is 0.128. The lowest BCUT2D eigenvalue weighted by molar-refractivity contribution is -0.113. The van der Waals surface area contributed by atoms with E-state index in [0.717, 1.165) is 43.4 Å². The number of methoxy groups -OCH3 is 2. The highest BCUT2D eigenvalue weighted by atomic mass is 32.2. The number of hydrogen-bond acceptors (Lipinski definition) is 9. The number of thioether (sulfide) groups is 1. The molecule has 2 heterocycles. The lowest BCUT2D eigenvalue weighted by atomic mass is 10.1. The summed E-state index contributed by atoms with van der Waals surface area (Å²) in [5, 5.41) is 12.6. The first-order valence-corrected chi connectivity index (χ1v) is 13.6. The minimum Gasteiger partial charge on any atom is -0.497 e. The van der Waals surface area contributed by atoms with Crippen molar-refractivity contribution < 1.29 is 23.8 Å². The van der Waals surface area contributed by atoms with Gasteiger partial charge in [-0.2, -0.15) is 0 Å². The van der Waals surface area contributed by atoms with Crippen molar-refractivity contribution in [3.05, 3.63) is 46.1 Å². The van der Waals surface area contributed by atoms with Gasteiger partial charge in [-0.15, -0.1) is 21.5 Å². The molecule has 1 unspecified atom stereocenters. The zero-order valence-corrected chi connectivity index (χ0v) is 22.5. The zero-order chi connectivity index (χ0) is 25.7. The van der Waals surface area contributed by atoms with Crippen LogP contribution >= 0.6 is 23.1 Å². The molecular formula is C25H30N4O5S2. The zero-order valence-electron chi connectivity index (χ0n) is 20.8. The van der Waals surface area contributed by atoms with Crippen LogP contribution in [-0.4, -0.2) is 46.6 Å². The summed E-state index contributed by atoms with van der Waals surface area (Å²) in [6, 6.07) is 7.32. The Morgan fingerprint density at radius 1 is 1.11 bits per heavy atom. The van der Waals surface area contributed by atoms with Gasteiger partial charge in [0.05, 0.1) is 25.5 Å². The Hall–Kier alpha value is -3.05. The van der Waals surface area contributed by atoms with Gasteiger partial charge in [0.2, 0.25) is 5.91 Å². The van der Waals surface area contributed by atoms with Gasteiger partial charge < -0.3 is 24.1 Å². The molecule has 0 saturated heterocycles. The van der Waals surface area contributed by atoms with E-state index in [1.807, 2.05) is 42.8 Å². The van der Waals surface area contributed by atoms with Crippen molar-refractivity contribution in [3.8, 4) is 11.5 Å². The number of benzene rings is 1. The summed E-state index contributed by atoms with van der Waals surface area (Å²) < 4.78 is 18.0. The third kappa shape index (κ3) is 5.84. The summed E-state index contributed by atoms with van der Waals surface area (Å²) in [6.07, 6.45) is 4.68. The minimum atomic E-state index is -0.402. The van der Waals surface area contributed by atoms with Crippen LogP contribution in [-0.2, 0) is 29.4 Å². The quantitative estimate of drug-likeness (QED) is 0.239. The highest BCUT2D eigenvalue weighted by molar-refractivity contribution is 7.99. The van der Waals surface area contributed by atoms with Gasteiger partial charge in [0.25, 0.3) is 0 Å². The number of thiophene rings is 1. The molecule has 0 spiro atoms. The van der Waals surface area contributed by atoms with E-state index in [9.17, 15) is 9.59 Å². The number of amides is 1. The highest BCUT2D eigenvalue weighted by Gasteiger charge is 2.26. The van der Waals surface area contributed by atoms with Crippen molar-refractivity contribution >= 4 is 40.0 Å². The van der Waals surface area contributed by atoms with Gasteiger partial charge in [-0.05, 0) is 62.4 Å².